The molecule has 0 spiro atoms. The SMILES string of the molecule is CC.CC.CC.CC(C)(CCCCCCO[N+](=O)[O-])c1cc(O)c(C2CCCC(=O)C2)c(O)c1. The number of Topliss-reactive ketones (excluding diaryl/α,β-unsaturated/α-hetero) is 1. The van der Waals surface area contributed by atoms with Gasteiger partial charge in [-0.3, -0.25) is 4.79 Å². The van der Waals surface area contributed by atoms with Crippen LogP contribution in [0, 0.1) is 10.1 Å². The Balaban J connectivity index is 0. The summed E-state index contributed by atoms with van der Waals surface area (Å²) in [6, 6.07) is 3.44. The summed E-state index contributed by atoms with van der Waals surface area (Å²) in [5, 5.41) is 30.4. The normalized spacial score (nSPS) is 14.9. The Morgan fingerprint density at radius 3 is 2.03 bits per heavy atom. The van der Waals surface area contributed by atoms with Crippen LogP contribution in [-0.2, 0) is 15.0 Å². The molecule has 1 aliphatic carbocycles. The van der Waals surface area contributed by atoms with E-state index in [-0.39, 0.29) is 35.2 Å². The van der Waals surface area contributed by atoms with Crippen LogP contribution in [0.4, 0.5) is 0 Å². The molecule has 1 unspecified atom stereocenters. The van der Waals surface area contributed by atoms with E-state index < -0.39 is 5.09 Å². The summed E-state index contributed by atoms with van der Waals surface area (Å²) in [6.45, 7) is 16.3. The first kappa shape index (κ1) is 33.9. The lowest BCUT2D eigenvalue weighted by atomic mass is 9.77. The molecule has 2 rings (SSSR count). The number of unbranched alkanes of at least 4 members (excludes halogenated alkanes) is 3. The Morgan fingerprint density at radius 1 is 1.00 bits per heavy atom. The van der Waals surface area contributed by atoms with Gasteiger partial charge in [-0.05, 0) is 54.7 Å². The largest absolute Gasteiger partial charge is 0.508 e. The minimum Gasteiger partial charge on any atom is -0.508 e. The van der Waals surface area contributed by atoms with E-state index in [1.54, 1.807) is 12.1 Å². The van der Waals surface area contributed by atoms with Gasteiger partial charge in [0.05, 0.1) is 6.61 Å². The van der Waals surface area contributed by atoms with Crippen molar-refractivity contribution in [2.75, 3.05) is 6.61 Å². The van der Waals surface area contributed by atoms with Crippen molar-refractivity contribution in [2.45, 2.75) is 125 Å². The smallest absolute Gasteiger partial charge is 0.294 e. The summed E-state index contributed by atoms with van der Waals surface area (Å²) in [5.74, 6) is 0.210. The number of ketones is 1. The van der Waals surface area contributed by atoms with Gasteiger partial charge in [0.2, 0.25) is 0 Å². The van der Waals surface area contributed by atoms with Gasteiger partial charge in [-0.25, -0.2) is 0 Å². The highest BCUT2D eigenvalue weighted by molar-refractivity contribution is 5.80. The van der Waals surface area contributed by atoms with Gasteiger partial charge in [-0.2, -0.15) is 0 Å². The number of carbonyl (C=O) groups excluding carboxylic acids is 1. The van der Waals surface area contributed by atoms with E-state index >= 15 is 0 Å². The molecule has 0 aliphatic heterocycles. The number of benzene rings is 1. The average molecular weight is 484 g/mol. The fraction of sp³-hybridized carbons (Fsp3) is 0.741. The average Bonchev–Trinajstić information content (AvgIpc) is 2.82. The van der Waals surface area contributed by atoms with Gasteiger partial charge in [0.25, 0.3) is 5.09 Å². The third-order valence-electron chi connectivity index (χ3n) is 5.70. The molecule has 7 heteroatoms. The second-order valence-corrected chi connectivity index (χ2v) is 8.37. The summed E-state index contributed by atoms with van der Waals surface area (Å²) in [4.78, 5) is 26.1. The van der Waals surface area contributed by atoms with Gasteiger partial charge >= 0.3 is 0 Å². The quantitative estimate of drug-likeness (QED) is 0.199. The Bertz CT molecular complexity index is 679. The van der Waals surface area contributed by atoms with Crippen molar-refractivity contribution in [1.29, 1.82) is 0 Å². The maximum Gasteiger partial charge on any atom is 0.294 e. The van der Waals surface area contributed by atoms with Crippen molar-refractivity contribution in [3.63, 3.8) is 0 Å². The summed E-state index contributed by atoms with van der Waals surface area (Å²) in [6.07, 6.45) is 6.80. The Kier molecular flexibility index (Phi) is 19.0. The maximum atomic E-state index is 11.7. The molecule has 198 valence electrons. The Labute approximate surface area is 207 Å². The molecule has 2 N–H and O–H groups in total. The lowest BCUT2D eigenvalue weighted by Gasteiger charge is -2.28. The molecule has 7 nitrogen and oxygen atoms in total. The second-order valence-electron chi connectivity index (χ2n) is 8.37. The van der Waals surface area contributed by atoms with E-state index in [2.05, 4.69) is 18.7 Å². The van der Waals surface area contributed by atoms with E-state index in [1.807, 2.05) is 41.5 Å². The molecule has 1 saturated carbocycles. The number of hydrogen-bond donors (Lipinski definition) is 2. The molecular weight excluding hydrogens is 434 g/mol. The fourth-order valence-electron chi connectivity index (χ4n) is 4.01. The lowest BCUT2D eigenvalue weighted by Crippen LogP contribution is -2.18. The molecule has 0 radical (unpaired) electrons. The summed E-state index contributed by atoms with van der Waals surface area (Å²) in [5.41, 5.74) is 1.14. The molecule has 0 bridgehead atoms. The fourth-order valence-corrected chi connectivity index (χ4v) is 4.01. The highest BCUT2D eigenvalue weighted by atomic mass is 16.9. The van der Waals surface area contributed by atoms with E-state index in [0.717, 1.165) is 44.1 Å². The first-order chi connectivity index (χ1) is 16.2. The molecule has 0 saturated heterocycles. The van der Waals surface area contributed by atoms with Gasteiger partial charge < -0.3 is 15.1 Å². The van der Waals surface area contributed by atoms with Crippen LogP contribution in [0.25, 0.3) is 0 Å². The molecule has 34 heavy (non-hydrogen) atoms. The number of phenolic OH excluding ortho intramolecular Hbond substituents is 2. The van der Waals surface area contributed by atoms with E-state index in [4.69, 9.17) is 0 Å². The first-order valence-corrected chi connectivity index (χ1v) is 13.1. The molecule has 1 aromatic carbocycles. The minimum absolute atomic E-state index is 0.0692. The number of phenols is 2. The number of carbonyl (C=O) groups is 1. The van der Waals surface area contributed by atoms with Gasteiger partial charge in [-0.1, -0.05) is 74.7 Å². The number of hydrogen-bond acceptors (Lipinski definition) is 6. The van der Waals surface area contributed by atoms with Crippen molar-refractivity contribution < 1.29 is 24.9 Å². The molecule has 1 aliphatic rings. The van der Waals surface area contributed by atoms with Crippen LogP contribution in [-0.4, -0.2) is 27.7 Å². The number of aromatic hydroxyl groups is 2. The van der Waals surface area contributed by atoms with E-state index in [0.29, 0.717) is 24.8 Å². The van der Waals surface area contributed by atoms with E-state index in [1.165, 1.54) is 0 Å². The predicted molar refractivity (Wildman–Crippen MR) is 139 cm³/mol. The zero-order valence-corrected chi connectivity index (χ0v) is 22.8. The van der Waals surface area contributed by atoms with Crippen LogP contribution in [0.5, 0.6) is 11.5 Å². The molecule has 0 aromatic heterocycles. The topological polar surface area (TPSA) is 110 Å². The molecule has 0 heterocycles. The summed E-state index contributed by atoms with van der Waals surface area (Å²) in [7, 11) is 0. The standard InChI is InChI=1S/C21H31NO6.3C2H6/c1-21(2,10-5-3-4-6-11-28-22(26)27)16-13-18(24)20(19(25)14-16)15-8-7-9-17(23)12-15;3*1-2/h13-15,24-25H,3-12H2,1-2H3;3*1-2H3. The lowest BCUT2D eigenvalue weighted by molar-refractivity contribution is -0.757. The van der Waals surface area contributed by atoms with Gasteiger partial charge in [0.15, 0.2) is 0 Å². The maximum absolute atomic E-state index is 11.7. The number of rotatable bonds is 10. The predicted octanol–water partition coefficient (Wildman–Crippen LogP) is 7.84. The van der Waals surface area contributed by atoms with Crippen LogP contribution in [0.15, 0.2) is 12.1 Å². The minimum atomic E-state index is -0.769. The molecule has 1 fully saturated rings. The molecular formula is C27H49NO6. The van der Waals surface area contributed by atoms with Crippen molar-refractivity contribution >= 4 is 5.78 Å². The van der Waals surface area contributed by atoms with Crippen molar-refractivity contribution in [3.8, 4) is 11.5 Å². The molecule has 1 atom stereocenters. The van der Waals surface area contributed by atoms with Crippen molar-refractivity contribution in [1.82, 2.24) is 0 Å². The Morgan fingerprint density at radius 2 is 1.53 bits per heavy atom. The highest BCUT2D eigenvalue weighted by Crippen LogP contribution is 2.44. The van der Waals surface area contributed by atoms with Crippen LogP contribution >= 0.6 is 0 Å². The monoisotopic (exact) mass is 483 g/mol. The van der Waals surface area contributed by atoms with Gasteiger partial charge in [0, 0.05) is 18.4 Å². The molecule has 1 aromatic rings. The first-order valence-electron chi connectivity index (χ1n) is 13.1. The number of nitrogens with zero attached hydrogens (tertiary/aromatic N) is 1. The van der Waals surface area contributed by atoms with Crippen LogP contribution in [0.3, 0.4) is 0 Å². The zero-order valence-electron chi connectivity index (χ0n) is 22.8. The molecule has 0 amide bonds. The van der Waals surface area contributed by atoms with Crippen molar-refractivity contribution in [2.24, 2.45) is 0 Å². The highest BCUT2D eigenvalue weighted by Gasteiger charge is 2.29. The third kappa shape index (κ3) is 12.2. The Hall–Kier alpha value is -2.31. The second kappa shape index (κ2) is 19.0. The van der Waals surface area contributed by atoms with Crippen LogP contribution in [0.1, 0.15) is 130 Å². The van der Waals surface area contributed by atoms with Crippen LogP contribution in [0.2, 0.25) is 0 Å². The zero-order chi connectivity index (χ0) is 26.7. The summed E-state index contributed by atoms with van der Waals surface area (Å²) >= 11 is 0. The van der Waals surface area contributed by atoms with Crippen LogP contribution < -0.4 is 0 Å². The van der Waals surface area contributed by atoms with Gasteiger partial charge in [0.1, 0.15) is 17.3 Å². The van der Waals surface area contributed by atoms with E-state index in [9.17, 15) is 25.1 Å². The summed E-state index contributed by atoms with van der Waals surface area (Å²) < 4.78 is 0. The van der Waals surface area contributed by atoms with Gasteiger partial charge in [-0.15, -0.1) is 10.1 Å². The van der Waals surface area contributed by atoms with Crippen molar-refractivity contribution in [3.05, 3.63) is 33.4 Å². The third-order valence-corrected chi connectivity index (χ3v) is 5.70.